The zero-order valence-corrected chi connectivity index (χ0v) is 7.13. The number of hydrogen-bond donors (Lipinski definition) is 0. The molecule has 0 amide bonds. The van der Waals surface area contributed by atoms with Gasteiger partial charge in [-0.1, -0.05) is 23.3 Å². The third-order valence-corrected chi connectivity index (χ3v) is 2.72. The molecule has 11 heavy (non-hydrogen) atoms. The molecule has 2 aliphatic rings. The monoisotopic (exact) mass is 150 g/mol. The highest BCUT2D eigenvalue weighted by molar-refractivity contribution is 5.33. The van der Waals surface area contributed by atoms with E-state index in [-0.39, 0.29) is 0 Å². The third kappa shape index (κ3) is 1.14. The van der Waals surface area contributed by atoms with Gasteiger partial charge in [-0.25, -0.2) is 0 Å². The summed E-state index contributed by atoms with van der Waals surface area (Å²) in [4.78, 5) is 0. The number of fused-ring (bicyclic) bond motifs is 1. The van der Waals surface area contributed by atoms with Crippen LogP contribution in [-0.2, 0) is 4.74 Å². The van der Waals surface area contributed by atoms with Crippen LogP contribution in [-0.4, -0.2) is 13.2 Å². The fourth-order valence-corrected chi connectivity index (χ4v) is 1.84. The van der Waals surface area contributed by atoms with Crippen LogP contribution in [0.2, 0.25) is 0 Å². The van der Waals surface area contributed by atoms with Crippen molar-refractivity contribution < 1.29 is 4.74 Å². The smallest absolute Gasteiger partial charge is 0.0535 e. The zero-order valence-electron chi connectivity index (χ0n) is 7.13. The van der Waals surface area contributed by atoms with Gasteiger partial charge in [-0.3, -0.25) is 0 Å². The summed E-state index contributed by atoms with van der Waals surface area (Å²) in [6, 6.07) is 0. The van der Waals surface area contributed by atoms with Crippen LogP contribution in [0.5, 0.6) is 0 Å². The first kappa shape index (κ1) is 7.11. The van der Waals surface area contributed by atoms with Gasteiger partial charge in [0.2, 0.25) is 0 Å². The summed E-state index contributed by atoms with van der Waals surface area (Å²) in [5, 5.41) is 0. The SMILES string of the molecule is CC1=CC2COCC2C=C1C. The molecular weight excluding hydrogens is 136 g/mol. The molecule has 1 heterocycles. The molecule has 2 atom stereocenters. The van der Waals surface area contributed by atoms with Gasteiger partial charge in [-0.2, -0.15) is 0 Å². The van der Waals surface area contributed by atoms with Crippen molar-refractivity contribution in [1.29, 1.82) is 0 Å². The Hall–Kier alpha value is -0.560. The minimum atomic E-state index is 0.665. The number of allylic oxidation sites excluding steroid dienone is 2. The van der Waals surface area contributed by atoms with Gasteiger partial charge >= 0.3 is 0 Å². The van der Waals surface area contributed by atoms with Gasteiger partial charge in [-0.15, -0.1) is 0 Å². The fourth-order valence-electron chi connectivity index (χ4n) is 1.84. The molecular formula is C10H14O. The lowest BCUT2D eigenvalue weighted by molar-refractivity contribution is 0.187. The maximum atomic E-state index is 5.40. The molecule has 1 fully saturated rings. The molecule has 1 nitrogen and oxygen atoms in total. The van der Waals surface area contributed by atoms with Crippen molar-refractivity contribution in [2.45, 2.75) is 13.8 Å². The van der Waals surface area contributed by atoms with Crippen LogP contribution < -0.4 is 0 Å². The maximum Gasteiger partial charge on any atom is 0.0535 e. The molecule has 0 spiro atoms. The Kier molecular flexibility index (Phi) is 1.61. The molecule has 1 saturated heterocycles. The lowest BCUT2D eigenvalue weighted by Gasteiger charge is -2.18. The van der Waals surface area contributed by atoms with Crippen LogP contribution in [0, 0.1) is 11.8 Å². The van der Waals surface area contributed by atoms with Crippen LogP contribution >= 0.6 is 0 Å². The van der Waals surface area contributed by atoms with E-state index >= 15 is 0 Å². The van der Waals surface area contributed by atoms with Gasteiger partial charge in [0.15, 0.2) is 0 Å². The highest BCUT2D eigenvalue weighted by Gasteiger charge is 2.27. The molecule has 0 aromatic carbocycles. The van der Waals surface area contributed by atoms with Crippen LogP contribution in [0.25, 0.3) is 0 Å². The lowest BCUT2D eigenvalue weighted by Crippen LogP contribution is -2.12. The first-order valence-electron chi connectivity index (χ1n) is 4.22. The minimum absolute atomic E-state index is 0.665. The summed E-state index contributed by atoms with van der Waals surface area (Å²) in [5.41, 5.74) is 2.86. The van der Waals surface area contributed by atoms with Gasteiger partial charge < -0.3 is 4.74 Å². The second-order valence-electron chi connectivity index (χ2n) is 3.56. The normalized spacial score (nSPS) is 36.2. The first-order chi connectivity index (χ1) is 5.27. The second kappa shape index (κ2) is 2.49. The van der Waals surface area contributed by atoms with Gasteiger partial charge in [-0.05, 0) is 13.8 Å². The van der Waals surface area contributed by atoms with E-state index in [9.17, 15) is 0 Å². The van der Waals surface area contributed by atoms with E-state index < -0.39 is 0 Å². The molecule has 0 aromatic heterocycles. The van der Waals surface area contributed by atoms with Crippen LogP contribution in [0.15, 0.2) is 23.3 Å². The lowest BCUT2D eigenvalue weighted by atomic mass is 9.85. The molecule has 0 bridgehead atoms. The highest BCUT2D eigenvalue weighted by Crippen LogP contribution is 2.31. The van der Waals surface area contributed by atoms with Gasteiger partial charge in [0, 0.05) is 11.8 Å². The van der Waals surface area contributed by atoms with Crippen molar-refractivity contribution in [3.63, 3.8) is 0 Å². The highest BCUT2D eigenvalue weighted by atomic mass is 16.5. The van der Waals surface area contributed by atoms with Crippen molar-refractivity contribution >= 4 is 0 Å². The van der Waals surface area contributed by atoms with Gasteiger partial charge in [0.25, 0.3) is 0 Å². The van der Waals surface area contributed by atoms with Crippen molar-refractivity contribution in [3.8, 4) is 0 Å². The Morgan fingerprint density at radius 3 is 2.00 bits per heavy atom. The predicted octanol–water partition coefficient (Wildman–Crippen LogP) is 2.16. The topological polar surface area (TPSA) is 9.23 Å². The maximum absolute atomic E-state index is 5.40. The van der Waals surface area contributed by atoms with Crippen molar-refractivity contribution in [2.75, 3.05) is 13.2 Å². The number of rotatable bonds is 0. The average molecular weight is 150 g/mol. The van der Waals surface area contributed by atoms with E-state index in [0.29, 0.717) is 11.8 Å². The van der Waals surface area contributed by atoms with Crippen LogP contribution in [0.1, 0.15) is 13.8 Å². The molecule has 60 valence electrons. The van der Waals surface area contributed by atoms with Crippen LogP contribution in [0.3, 0.4) is 0 Å². The van der Waals surface area contributed by atoms with E-state index in [4.69, 9.17) is 4.74 Å². The quantitative estimate of drug-likeness (QED) is 0.514. The Morgan fingerprint density at radius 1 is 1.09 bits per heavy atom. The molecule has 1 aliphatic heterocycles. The van der Waals surface area contributed by atoms with Gasteiger partial charge in [0.05, 0.1) is 13.2 Å². The fraction of sp³-hybridized carbons (Fsp3) is 0.600. The van der Waals surface area contributed by atoms with E-state index in [1.807, 2.05) is 0 Å². The summed E-state index contributed by atoms with van der Waals surface area (Å²) in [6.07, 6.45) is 4.71. The molecule has 0 radical (unpaired) electrons. The van der Waals surface area contributed by atoms with E-state index in [1.54, 1.807) is 0 Å². The first-order valence-corrected chi connectivity index (χ1v) is 4.22. The van der Waals surface area contributed by atoms with E-state index in [0.717, 1.165) is 13.2 Å². The van der Waals surface area contributed by atoms with Gasteiger partial charge in [0.1, 0.15) is 0 Å². The zero-order chi connectivity index (χ0) is 7.84. The molecule has 2 unspecified atom stereocenters. The summed E-state index contributed by atoms with van der Waals surface area (Å²) >= 11 is 0. The third-order valence-electron chi connectivity index (χ3n) is 2.72. The van der Waals surface area contributed by atoms with Crippen molar-refractivity contribution in [2.24, 2.45) is 11.8 Å². The largest absolute Gasteiger partial charge is 0.380 e. The Labute approximate surface area is 67.7 Å². The summed E-state index contributed by atoms with van der Waals surface area (Å²) < 4.78 is 5.40. The molecule has 0 aromatic rings. The standard InChI is InChI=1S/C10H14O/c1-7-3-9-5-11-6-10(9)4-8(7)2/h3-4,9-10H,5-6H2,1-2H3. The Balaban J connectivity index is 2.26. The molecule has 0 N–H and O–H groups in total. The Bertz CT molecular complexity index is 201. The van der Waals surface area contributed by atoms with Crippen molar-refractivity contribution in [1.82, 2.24) is 0 Å². The number of hydrogen-bond acceptors (Lipinski definition) is 1. The molecule has 2 rings (SSSR count). The second-order valence-corrected chi connectivity index (χ2v) is 3.56. The summed E-state index contributed by atoms with van der Waals surface area (Å²) in [5.74, 6) is 1.33. The minimum Gasteiger partial charge on any atom is -0.380 e. The van der Waals surface area contributed by atoms with E-state index in [2.05, 4.69) is 26.0 Å². The summed E-state index contributed by atoms with van der Waals surface area (Å²) in [7, 11) is 0. The molecule has 1 heteroatoms. The molecule has 0 saturated carbocycles. The van der Waals surface area contributed by atoms with Crippen molar-refractivity contribution in [3.05, 3.63) is 23.3 Å². The number of ether oxygens (including phenoxy) is 1. The molecule has 1 aliphatic carbocycles. The van der Waals surface area contributed by atoms with E-state index in [1.165, 1.54) is 11.1 Å². The average Bonchev–Trinajstić information content (AvgIpc) is 2.36. The summed E-state index contributed by atoms with van der Waals surface area (Å²) in [6.45, 7) is 6.21. The Morgan fingerprint density at radius 2 is 1.55 bits per heavy atom. The van der Waals surface area contributed by atoms with Crippen LogP contribution in [0.4, 0.5) is 0 Å². The predicted molar refractivity (Wildman–Crippen MR) is 45.3 cm³/mol.